The molecule has 0 spiro atoms. The second-order valence-corrected chi connectivity index (χ2v) is 4.85. The number of nitrogens with zero attached hydrogens (tertiary/aromatic N) is 3. The summed E-state index contributed by atoms with van der Waals surface area (Å²) in [6.45, 7) is 1.57. The molecule has 1 aromatic heterocycles. The number of hydrogen-bond acceptors (Lipinski definition) is 5. The van der Waals surface area contributed by atoms with Crippen LogP contribution in [-0.2, 0) is 0 Å². The van der Waals surface area contributed by atoms with E-state index in [1.807, 2.05) is 0 Å². The molecule has 1 heterocycles. The van der Waals surface area contributed by atoms with Crippen LogP contribution in [-0.4, -0.2) is 20.9 Å². The van der Waals surface area contributed by atoms with E-state index in [0.29, 0.717) is 5.69 Å². The Bertz CT molecular complexity index is 461. The van der Waals surface area contributed by atoms with Gasteiger partial charge < -0.3 is 5.32 Å². The number of nitro groups is 1. The molecule has 0 aromatic carbocycles. The van der Waals surface area contributed by atoms with Crippen molar-refractivity contribution < 1.29 is 4.92 Å². The van der Waals surface area contributed by atoms with Crippen LogP contribution in [0.4, 0.5) is 11.5 Å². The summed E-state index contributed by atoms with van der Waals surface area (Å²) in [5.74, 6) is 0.240. The summed E-state index contributed by atoms with van der Waals surface area (Å²) < 4.78 is 0. The van der Waals surface area contributed by atoms with Crippen LogP contribution in [0.2, 0.25) is 5.28 Å². The zero-order valence-corrected chi connectivity index (χ0v) is 10.9. The van der Waals surface area contributed by atoms with Gasteiger partial charge in [-0.05, 0) is 31.4 Å². The summed E-state index contributed by atoms with van der Waals surface area (Å²) in [4.78, 5) is 18.3. The first-order valence-electron chi connectivity index (χ1n) is 6.03. The van der Waals surface area contributed by atoms with Gasteiger partial charge in [0.2, 0.25) is 11.1 Å². The predicted molar refractivity (Wildman–Crippen MR) is 68.9 cm³/mol. The van der Waals surface area contributed by atoms with Crippen LogP contribution in [0.5, 0.6) is 0 Å². The molecule has 0 bridgehead atoms. The highest BCUT2D eigenvalue weighted by Gasteiger charge is 2.24. The summed E-state index contributed by atoms with van der Waals surface area (Å²) in [6.07, 6.45) is 5.53. The van der Waals surface area contributed by atoms with Crippen molar-refractivity contribution in [2.75, 3.05) is 5.32 Å². The Balaban J connectivity index is 2.27. The predicted octanol–water partition coefficient (Wildman–Crippen LogP) is 3.09. The van der Waals surface area contributed by atoms with Gasteiger partial charge in [-0.25, -0.2) is 4.98 Å². The third-order valence-corrected chi connectivity index (χ3v) is 3.33. The quantitative estimate of drug-likeness (QED) is 0.518. The summed E-state index contributed by atoms with van der Waals surface area (Å²) in [6, 6.07) is 0.239. The van der Waals surface area contributed by atoms with Crippen LogP contribution in [0.15, 0.2) is 0 Å². The van der Waals surface area contributed by atoms with E-state index in [-0.39, 0.29) is 22.8 Å². The van der Waals surface area contributed by atoms with E-state index < -0.39 is 4.92 Å². The number of hydrogen-bond donors (Lipinski definition) is 1. The number of nitrogens with one attached hydrogen (secondary N) is 1. The van der Waals surface area contributed by atoms with Crippen molar-refractivity contribution in [1.82, 2.24) is 9.97 Å². The molecule has 1 aliphatic rings. The van der Waals surface area contributed by atoms with Gasteiger partial charge in [0.25, 0.3) is 0 Å². The van der Waals surface area contributed by atoms with Crippen LogP contribution in [0.1, 0.15) is 37.8 Å². The van der Waals surface area contributed by atoms with E-state index in [9.17, 15) is 10.1 Å². The molecule has 1 N–H and O–H groups in total. The Morgan fingerprint density at radius 3 is 2.61 bits per heavy atom. The monoisotopic (exact) mass is 270 g/mol. The fraction of sp³-hybridized carbons (Fsp3) is 0.636. The van der Waals surface area contributed by atoms with Crippen LogP contribution < -0.4 is 5.32 Å². The third kappa shape index (κ3) is 2.87. The molecule has 7 heteroatoms. The molecule has 0 unspecified atom stereocenters. The molecular formula is C11H15ClN4O2. The minimum absolute atomic E-state index is 0.0383. The second-order valence-electron chi connectivity index (χ2n) is 4.51. The van der Waals surface area contributed by atoms with E-state index in [1.54, 1.807) is 6.92 Å². The molecule has 98 valence electrons. The van der Waals surface area contributed by atoms with Crippen molar-refractivity contribution in [3.63, 3.8) is 0 Å². The topological polar surface area (TPSA) is 81.0 Å². The molecule has 1 fully saturated rings. The fourth-order valence-corrected chi connectivity index (χ4v) is 2.50. The van der Waals surface area contributed by atoms with Crippen molar-refractivity contribution in [3.05, 3.63) is 21.1 Å². The van der Waals surface area contributed by atoms with Gasteiger partial charge in [-0.2, -0.15) is 4.98 Å². The van der Waals surface area contributed by atoms with E-state index in [2.05, 4.69) is 15.3 Å². The molecule has 0 amide bonds. The Morgan fingerprint density at radius 1 is 1.33 bits per heavy atom. The molecule has 0 saturated heterocycles. The lowest BCUT2D eigenvalue weighted by Gasteiger charge is -2.23. The van der Waals surface area contributed by atoms with Crippen molar-refractivity contribution in [3.8, 4) is 0 Å². The fourth-order valence-electron chi connectivity index (χ4n) is 2.29. The van der Waals surface area contributed by atoms with Gasteiger partial charge in [0, 0.05) is 6.04 Å². The smallest absolute Gasteiger partial charge is 0.332 e. The molecule has 0 radical (unpaired) electrons. The molecule has 1 aromatic rings. The number of aryl methyl sites for hydroxylation is 1. The maximum atomic E-state index is 11.0. The molecule has 6 nitrogen and oxygen atoms in total. The Hall–Kier alpha value is -1.43. The molecule has 2 rings (SSSR count). The van der Waals surface area contributed by atoms with Gasteiger partial charge in [-0.1, -0.05) is 19.3 Å². The van der Waals surface area contributed by atoms with Gasteiger partial charge in [0.1, 0.15) is 5.69 Å². The standard InChI is InChI=1S/C11H15ClN4O2/c1-7-9(16(17)18)10(15-11(12)13-7)14-8-5-3-2-4-6-8/h8H,2-6H2,1H3,(H,13,14,15). The summed E-state index contributed by atoms with van der Waals surface area (Å²) in [5.41, 5.74) is 0.211. The third-order valence-electron chi connectivity index (χ3n) is 3.16. The number of aromatic nitrogens is 2. The summed E-state index contributed by atoms with van der Waals surface area (Å²) in [7, 11) is 0. The summed E-state index contributed by atoms with van der Waals surface area (Å²) in [5, 5.41) is 14.2. The average molecular weight is 271 g/mol. The van der Waals surface area contributed by atoms with Crippen LogP contribution >= 0.6 is 11.6 Å². The lowest BCUT2D eigenvalue weighted by molar-refractivity contribution is -0.385. The van der Waals surface area contributed by atoms with Crippen molar-refractivity contribution in [1.29, 1.82) is 0 Å². The SMILES string of the molecule is Cc1nc(Cl)nc(NC2CCCCC2)c1[N+](=O)[O-]. The number of rotatable bonds is 3. The molecule has 18 heavy (non-hydrogen) atoms. The van der Waals surface area contributed by atoms with Crippen molar-refractivity contribution in [2.24, 2.45) is 0 Å². The zero-order valence-electron chi connectivity index (χ0n) is 10.1. The lowest BCUT2D eigenvalue weighted by Crippen LogP contribution is -2.23. The van der Waals surface area contributed by atoms with E-state index in [1.165, 1.54) is 6.42 Å². The number of halogens is 1. The normalized spacial score (nSPS) is 16.6. The lowest BCUT2D eigenvalue weighted by atomic mass is 9.95. The number of anilines is 1. The Morgan fingerprint density at radius 2 is 2.00 bits per heavy atom. The van der Waals surface area contributed by atoms with Crippen LogP contribution in [0.25, 0.3) is 0 Å². The van der Waals surface area contributed by atoms with Gasteiger partial charge in [-0.3, -0.25) is 10.1 Å². The van der Waals surface area contributed by atoms with Crippen LogP contribution in [0, 0.1) is 17.0 Å². The minimum Gasteiger partial charge on any atom is -0.361 e. The van der Waals surface area contributed by atoms with Gasteiger partial charge in [0.15, 0.2) is 0 Å². The summed E-state index contributed by atoms with van der Waals surface area (Å²) >= 11 is 5.76. The molecule has 1 saturated carbocycles. The highest BCUT2D eigenvalue weighted by atomic mass is 35.5. The molecule has 1 aliphatic carbocycles. The molecule has 0 aliphatic heterocycles. The van der Waals surface area contributed by atoms with Gasteiger partial charge >= 0.3 is 5.69 Å². The van der Waals surface area contributed by atoms with Crippen molar-refractivity contribution >= 4 is 23.1 Å². The highest BCUT2D eigenvalue weighted by molar-refractivity contribution is 6.28. The van der Waals surface area contributed by atoms with Gasteiger partial charge in [-0.15, -0.1) is 0 Å². The van der Waals surface area contributed by atoms with Crippen molar-refractivity contribution in [2.45, 2.75) is 45.1 Å². The van der Waals surface area contributed by atoms with Crippen LogP contribution in [0.3, 0.4) is 0 Å². The first kappa shape index (κ1) is 13.0. The maximum absolute atomic E-state index is 11.0. The van der Waals surface area contributed by atoms with E-state index in [4.69, 9.17) is 11.6 Å². The average Bonchev–Trinajstić information content (AvgIpc) is 2.28. The maximum Gasteiger partial charge on any atom is 0.332 e. The molecular weight excluding hydrogens is 256 g/mol. The van der Waals surface area contributed by atoms with Gasteiger partial charge in [0.05, 0.1) is 4.92 Å². The minimum atomic E-state index is -0.461. The zero-order chi connectivity index (χ0) is 13.1. The first-order chi connectivity index (χ1) is 8.58. The second kappa shape index (κ2) is 5.48. The Labute approximate surface area is 110 Å². The Kier molecular flexibility index (Phi) is 3.96. The largest absolute Gasteiger partial charge is 0.361 e. The highest BCUT2D eigenvalue weighted by Crippen LogP contribution is 2.29. The van der Waals surface area contributed by atoms with E-state index >= 15 is 0 Å². The molecule has 0 atom stereocenters. The van der Waals surface area contributed by atoms with E-state index in [0.717, 1.165) is 25.7 Å². The first-order valence-corrected chi connectivity index (χ1v) is 6.41.